The highest BCUT2D eigenvalue weighted by molar-refractivity contribution is 6.27. The number of halogens is 1. The molecule has 78 valence electrons. The number of hydrogen-bond donors (Lipinski definition) is 0. The maximum atomic E-state index is 5.54. The van der Waals surface area contributed by atoms with E-state index in [-0.39, 0.29) is 5.35 Å². The third-order valence-electron chi connectivity index (χ3n) is 2.93. The van der Waals surface area contributed by atoms with Crippen LogP contribution in [0.5, 0.6) is 0 Å². The van der Waals surface area contributed by atoms with Crippen LogP contribution < -0.4 is 0 Å². The van der Waals surface area contributed by atoms with Crippen LogP contribution in [0, 0.1) is 5.92 Å². The molecule has 4 heteroatoms. The van der Waals surface area contributed by atoms with Crippen LogP contribution >= 0.6 is 11.6 Å². The summed E-state index contributed by atoms with van der Waals surface area (Å²) in [5, 5.41) is 7.64. The minimum Gasteiger partial charge on any atom is -0.412 e. The molecule has 0 saturated heterocycles. The summed E-state index contributed by atoms with van der Waals surface area (Å²) < 4.78 is 5.12. The van der Waals surface area contributed by atoms with Gasteiger partial charge in [-0.05, 0) is 23.9 Å². The molecule has 0 bridgehead atoms. The Morgan fingerprint density at radius 3 is 2.64 bits per heavy atom. The van der Waals surface area contributed by atoms with Crippen molar-refractivity contribution in [1.82, 2.24) is 10.2 Å². The summed E-state index contributed by atoms with van der Waals surface area (Å²) in [6.07, 6.45) is 8.94. The second-order valence-corrected chi connectivity index (χ2v) is 4.31. The second-order valence-electron chi connectivity index (χ2n) is 3.99. The summed E-state index contributed by atoms with van der Waals surface area (Å²) in [5.41, 5.74) is 0. The Morgan fingerprint density at radius 1 is 1.21 bits per heavy atom. The zero-order valence-electron chi connectivity index (χ0n) is 8.21. The summed E-state index contributed by atoms with van der Waals surface area (Å²) in [7, 11) is 0. The van der Waals surface area contributed by atoms with E-state index in [9.17, 15) is 0 Å². The highest BCUT2D eigenvalue weighted by atomic mass is 35.5. The number of nitrogens with zero attached hydrogens (tertiary/aromatic N) is 2. The molecule has 0 aromatic carbocycles. The van der Waals surface area contributed by atoms with Crippen LogP contribution in [0.25, 0.3) is 0 Å². The van der Waals surface area contributed by atoms with Gasteiger partial charge in [0.1, 0.15) is 0 Å². The fourth-order valence-corrected chi connectivity index (χ4v) is 2.26. The molecule has 0 atom stereocenters. The van der Waals surface area contributed by atoms with Crippen molar-refractivity contribution in [2.75, 3.05) is 0 Å². The minimum atomic E-state index is 0.156. The number of aryl methyl sites for hydroxylation is 1. The number of rotatable bonds is 3. The topological polar surface area (TPSA) is 38.9 Å². The van der Waals surface area contributed by atoms with E-state index in [2.05, 4.69) is 10.2 Å². The van der Waals surface area contributed by atoms with Gasteiger partial charge in [-0.1, -0.05) is 37.2 Å². The molecule has 0 aliphatic heterocycles. The van der Waals surface area contributed by atoms with Crippen molar-refractivity contribution in [2.24, 2.45) is 5.92 Å². The molecule has 0 amide bonds. The first-order valence-corrected chi connectivity index (χ1v) is 5.70. The summed E-state index contributed by atoms with van der Waals surface area (Å²) in [4.78, 5) is 0. The lowest BCUT2D eigenvalue weighted by molar-refractivity contribution is 0.328. The van der Waals surface area contributed by atoms with Gasteiger partial charge in [-0.25, -0.2) is 0 Å². The fourth-order valence-electron chi connectivity index (χ4n) is 2.14. The van der Waals surface area contributed by atoms with E-state index in [1.165, 1.54) is 38.5 Å². The largest absolute Gasteiger partial charge is 0.412 e. The van der Waals surface area contributed by atoms with Crippen LogP contribution in [0.2, 0.25) is 5.35 Å². The third kappa shape index (κ3) is 2.71. The molecule has 0 spiro atoms. The molecule has 1 aliphatic rings. The number of hydrogen-bond acceptors (Lipinski definition) is 3. The second kappa shape index (κ2) is 4.78. The molecule has 3 nitrogen and oxygen atoms in total. The van der Waals surface area contributed by atoms with E-state index in [1.54, 1.807) is 0 Å². The molecule has 14 heavy (non-hydrogen) atoms. The van der Waals surface area contributed by atoms with Gasteiger partial charge >= 0.3 is 5.35 Å². The molecule has 1 aromatic heterocycles. The van der Waals surface area contributed by atoms with Crippen molar-refractivity contribution in [3.05, 3.63) is 11.2 Å². The Morgan fingerprint density at radius 2 is 2.00 bits per heavy atom. The van der Waals surface area contributed by atoms with Gasteiger partial charge in [0, 0.05) is 6.42 Å². The Labute approximate surface area is 88.9 Å². The molecule has 2 rings (SSSR count). The predicted molar refractivity (Wildman–Crippen MR) is 54.2 cm³/mol. The van der Waals surface area contributed by atoms with E-state index in [4.69, 9.17) is 16.0 Å². The summed E-state index contributed by atoms with van der Waals surface area (Å²) >= 11 is 5.54. The lowest BCUT2D eigenvalue weighted by Gasteiger charge is -2.20. The van der Waals surface area contributed by atoms with Crippen LogP contribution in [0.1, 0.15) is 44.4 Å². The van der Waals surface area contributed by atoms with Crippen molar-refractivity contribution in [2.45, 2.75) is 44.9 Å². The average molecular weight is 215 g/mol. The zero-order valence-corrected chi connectivity index (χ0v) is 8.96. The van der Waals surface area contributed by atoms with E-state index in [0.717, 1.165) is 12.3 Å². The molecular formula is C10H15ClN2O. The third-order valence-corrected chi connectivity index (χ3v) is 3.09. The van der Waals surface area contributed by atoms with Gasteiger partial charge in [0.15, 0.2) is 0 Å². The van der Waals surface area contributed by atoms with Crippen molar-refractivity contribution in [1.29, 1.82) is 0 Å². The minimum absolute atomic E-state index is 0.156. The standard InChI is InChI=1S/C10H15ClN2O/c11-10-13-12-9(14-10)7-6-8-4-2-1-3-5-8/h8H,1-7H2. The Kier molecular flexibility index (Phi) is 3.40. The Hall–Kier alpha value is -0.570. The Bertz CT molecular complexity index is 281. The van der Waals surface area contributed by atoms with Crippen molar-refractivity contribution < 1.29 is 4.42 Å². The quantitative estimate of drug-likeness (QED) is 0.776. The van der Waals surface area contributed by atoms with Crippen molar-refractivity contribution in [3.8, 4) is 0 Å². The molecule has 0 unspecified atom stereocenters. The molecule has 1 saturated carbocycles. The monoisotopic (exact) mass is 214 g/mol. The maximum absolute atomic E-state index is 5.54. The van der Waals surface area contributed by atoms with Gasteiger partial charge in [-0.3, -0.25) is 0 Å². The molecule has 0 N–H and O–H groups in total. The molecule has 1 fully saturated rings. The maximum Gasteiger partial charge on any atom is 0.312 e. The molecule has 1 aromatic rings. The lowest BCUT2D eigenvalue weighted by Crippen LogP contribution is -2.07. The highest BCUT2D eigenvalue weighted by Gasteiger charge is 2.14. The fraction of sp³-hybridized carbons (Fsp3) is 0.800. The van der Waals surface area contributed by atoms with E-state index in [1.807, 2.05) is 0 Å². The van der Waals surface area contributed by atoms with E-state index in [0.29, 0.717) is 5.89 Å². The molecule has 0 radical (unpaired) electrons. The first kappa shape index (κ1) is 9.97. The highest BCUT2D eigenvalue weighted by Crippen LogP contribution is 2.27. The molecule has 1 heterocycles. The summed E-state index contributed by atoms with van der Waals surface area (Å²) in [6, 6.07) is 0. The first-order chi connectivity index (χ1) is 6.84. The SMILES string of the molecule is Clc1nnc(CCC2CCCCC2)o1. The predicted octanol–water partition coefficient (Wildman–Crippen LogP) is 3.24. The van der Waals surface area contributed by atoms with Gasteiger partial charge in [0.2, 0.25) is 5.89 Å². The zero-order chi connectivity index (χ0) is 9.80. The van der Waals surface area contributed by atoms with Crippen LogP contribution in [-0.2, 0) is 6.42 Å². The van der Waals surface area contributed by atoms with Gasteiger partial charge in [0.25, 0.3) is 0 Å². The average Bonchev–Trinajstić information content (AvgIpc) is 2.63. The van der Waals surface area contributed by atoms with Gasteiger partial charge in [-0.15, -0.1) is 5.10 Å². The smallest absolute Gasteiger partial charge is 0.312 e. The number of aromatic nitrogens is 2. The lowest BCUT2D eigenvalue weighted by atomic mass is 9.86. The Balaban J connectivity index is 1.76. The normalized spacial score (nSPS) is 18.6. The van der Waals surface area contributed by atoms with Crippen LogP contribution in [-0.4, -0.2) is 10.2 Å². The van der Waals surface area contributed by atoms with Gasteiger partial charge in [-0.2, -0.15) is 0 Å². The van der Waals surface area contributed by atoms with E-state index < -0.39 is 0 Å². The molecule has 1 aliphatic carbocycles. The van der Waals surface area contributed by atoms with E-state index >= 15 is 0 Å². The van der Waals surface area contributed by atoms with Crippen LogP contribution in [0.4, 0.5) is 0 Å². The van der Waals surface area contributed by atoms with Crippen LogP contribution in [0.3, 0.4) is 0 Å². The van der Waals surface area contributed by atoms with Crippen molar-refractivity contribution in [3.63, 3.8) is 0 Å². The summed E-state index contributed by atoms with van der Waals surface area (Å²) in [5.74, 6) is 1.54. The van der Waals surface area contributed by atoms with Crippen LogP contribution in [0.15, 0.2) is 4.42 Å². The molecular weight excluding hydrogens is 200 g/mol. The van der Waals surface area contributed by atoms with Crippen molar-refractivity contribution >= 4 is 11.6 Å². The summed E-state index contributed by atoms with van der Waals surface area (Å²) in [6.45, 7) is 0. The van der Waals surface area contributed by atoms with Gasteiger partial charge < -0.3 is 4.42 Å². The van der Waals surface area contributed by atoms with Gasteiger partial charge in [0.05, 0.1) is 0 Å². The first-order valence-electron chi connectivity index (χ1n) is 5.32.